The smallest absolute Gasteiger partial charge is 0.0501 e. The average Bonchev–Trinajstić information content (AvgIpc) is 1.31. The van der Waals surface area contributed by atoms with Gasteiger partial charge in [0.2, 0.25) is 0 Å². The molecule has 0 atom stereocenters. The number of rotatable bonds is 0. The van der Waals surface area contributed by atoms with Crippen molar-refractivity contribution >= 4 is 29.0 Å². The molecule has 0 N–H and O–H groups in total. The summed E-state index contributed by atoms with van der Waals surface area (Å²) in [5.41, 5.74) is 0.0957. The lowest BCUT2D eigenvalue weighted by Crippen LogP contribution is -2.11. The number of hydrogen-bond donors (Lipinski definition) is 1. The van der Waals surface area contributed by atoms with Crippen LogP contribution in [0.25, 0.3) is 0 Å². The lowest BCUT2D eigenvalue weighted by molar-refractivity contribution is 0.611. The van der Waals surface area contributed by atoms with Crippen molar-refractivity contribution in [3.05, 3.63) is 0 Å². The van der Waals surface area contributed by atoms with Crippen molar-refractivity contribution in [2.75, 3.05) is 0 Å². The lowest BCUT2D eigenvalue weighted by Gasteiger charge is -2.13. The van der Waals surface area contributed by atoms with Gasteiger partial charge in [0.1, 0.15) is 0 Å². The van der Waals surface area contributed by atoms with Crippen LogP contribution in [0.5, 0.6) is 0 Å². The summed E-state index contributed by atoms with van der Waals surface area (Å²) in [6.45, 7) is 6.13. The van der Waals surface area contributed by atoms with E-state index in [0.717, 1.165) is 4.20 Å². The van der Waals surface area contributed by atoms with E-state index in [1.807, 2.05) is 20.8 Å². The topological polar surface area (TPSA) is 0 Å². The molecular formula is C6H14S2. The van der Waals surface area contributed by atoms with Crippen LogP contribution in [0.3, 0.4) is 0 Å². The van der Waals surface area contributed by atoms with Gasteiger partial charge >= 0.3 is 0 Å². The van der Waals surface area contributed by atoms with Crippen molar-refractivity contribution in [3.8, 4) is 0 Å². The summed E-state index contributed by atoms with van der Waals surface area (Å²) in [6.07, 6.45) is 0. The van der Waals surface area contributed by atoms with Crippen LogP contribution in [0.1, 0.15) is 28.2 Å². The predicted octanol–water partition coefficient (Wildman–Crippen LogP) is 2.93. The summed E-state index contributed by atoms with van der Waals surface area (Å²) in [6, 6.07) is 0. The molecule has 0 aliphatic carbocycles. The molecule has 0 aliphatic rings. The maximum absolute atomic E-state index is 4.80. The van der Waals surface area contributed by atoms with Crippen LogP contribution in [0.2, 0.25) is 0 Å². The summed E-state index contributed by atoms with van der Waals surface area (Å²) < 4.78 is 0.771. The highest BCUT2D eigenvalue weighted by molar-refractivity contribution is 8.11. The highest BCUT2D eigenvalue weighted by Gasteiger charge is 2.11. The molecule has 0 amide bonds. The normalized spacial score (nSPS) is 10.0. The van der Waals surface area contributed by atoms with E-state index in [4.69, 9.17) is 12.2 Å². The monoisotopic (exact) mass is 150 g/mol. The molecule has 2 heteroatoms. The molecule has 0 saturated carbocycles. The molecule has 0 nitrogen and oxygen atoms in total. The van der Waals surface area contributed by atoms with Gasteiger partial charge in [0.25, 0.3) is 0 Å². The first-order chi connectivity index (χ1) is 2.94. The Morgan fingerprint density at radius 2 is 1.50 bits per heavy atom. The summed E-state index contributed by atoms with van der Waals surface area (Å²) in [7, 11) is 0. The second-order valence-electron chi connectivity index (χ2n) is 2.56. The minimum atomic E-state index is 0. The first-order valence-electron chi connectivity index (χ1n) is 2.18. The summed E-state index contributed by atoms with van der Waals surface area (Å²) >= 11 is 8.81. The van der Waals surface area contributed by atoms with Gasteiger partial charge in [0, 0.05) is 5.41 Å². The van der Waals surface area contributed by atoms with Gasteiger partial charge in [0.05, 0.1) is 4.20 Å². The van der Waals surface area contributed by atoms with E-state index in [1.54, 1.807) is 0 Å². The van der Waals surface area contributed by atoms with Crippen molar-refractivity contribution in [3.63, 3.8) is 0 Å². The van der Waals surface area contributed by atoms with Crippen LogP contribution >= 0.6 is 24.8 Å². The Morgan fingerprint density at radius 3 is 1.50 bits per heavy atom. The molecular weight excluding hydrogens is 136 g/mol. The van der Waals surface area contributed by atoms with E-state index in [0.29, 0.717) is 0 Å². The third-order valence-corrected chi connectivity index (χ3v) is 1.92. The maximum atomic E-state index is 4.80. The van der Waals surface area contributed by atoms with Gasteiger partial charge < -0.3 is 0 Å². The molecule has 0 aliphatic heterocycles. The second kappa shape index (κ2) is 3.46. The van der Waals surface area contributed by atoms with Crippen molar-refractivity contribution in [2.24, 2.45) is 5.41 Å². The highest BCUT2D eigenvalue weighted by atomic mass is 32.1. The summed E-state index contributed by atoms with van der Waals surface area (Å²) in [5, 5.41) is 0. The van der Waals surface area contributed by atoms with Crippen LogP contribution < -0.4 is 0 Å². The molecule has 0 radical (unpaired) electrons. The SMILES string of the molecule is C.CC(C)(C)C(=S)S. The molecule has 0 fully saturated rings. The summed E-state index contributed by atoms with van der Waals surface area (Å²) in [5.74, 6) is 0. The van der Waals surface area contributed by atoms with Crippen molar-refractivity contribution in [2.45, 2.75) is 28.2 Å². The molecule has 8 heavy (non-hydrogen) atoms. The number of thiocarbonyl (C=S) groups is 1. The fourth-order valence-electron chi connectivity index (χ4n) is 0. The standard InChI is InChI=1S/C5H10S2.CH4/c1-5(2,3)4(6)7;/h1-3H3,(H,6,7);1H4. The predicted molar refractivity (Wildman–Crippen MR) is 47.8 cm³/mol. The van der Waals surface area contributed by atoms with Crippen LogP contribution in [0, 0.1) is 5.41 Å². The molecule has 0 heterocycles. The number of hydrogen-bond acceptors (Lipinski definition) is 1. The Bertz CT molecular complexity index is 79.0. The van der Waals surface area contributed by atoms with Gasteiger partial charge in [-0.1, -0.05) is 40.4 Å². The first-order valence-corrected chi connectivity index (χ1v) is 3.03. The van der Waals surface area contributed by atoms with Crippen LogP contribution in [0.4, 0.5) is 0 Å². The lowest BCUT2D eigenvalue weighted by atomic mass is 10.0. The highest BCUT2D eigenvalue weighted by Crippen LogP contribution is 2.17. The van der Waals surface area contributed by atoms with Gasteiger partial charge in [0.15, 0.2) is 0 Å². The zero-order chi connectivity index (χ0) is 6.08. The quantitative estimate of drug-likeness (QED) is 0.409. The fourth-order valence-corrected chi connectivity index (χ4v) is 0. The van der Waals surface area contributed by atoms with Gasteiger partial charge in [-0.2, -0.15) is 0 Å². The second-order valence-corrected chi connectivity index (χ2v) is 3.71. The van der Waals surface area contributed by atoms with Gasteiger partial charge in [-0.3, -0.25) is 0 Å². The molecule has 0 aromatic heterocycles. The Kier molecular flexibility index (Phi) is 4.88. The van der Waals surface area contributed by atoms with Crippen LogP contribution in [0.15, 0.2) is 0 Å². The van der Waals surface area contributed by atoms with Gasteiger partial charge in [-0.15, -0.1) is 12.6 Å². The zero-order valence-corrected chi connectivity index (χ0v) is 6.57. The van der Waals surface area contributed by atoms with Gasteiger partial charge in [-0.25, -0.2) is 0 Å². The maximum Gasteiger partial charge on any atom is 0.0501 e. The van der Waals surface area contributed by atoms with Crippen LogP contribution in [-0.4, -0.2) is 4.20 Å². The molecule has 0 aromatic carbocycles. The average molecular weight is 150 g/mol. The van der Waals surface area contributed by atoms with Crippen molar-refractivity contribution in [1.29, 1.82) is 0 Å². The Hall–Kier alpha value is 0.440. The molecule has 0 spiro atoms. The minimum absolute atomic E-state index is 0. The fraction of sp³-hybridized carbons (Fsp3) is 0.833. The Balaban J connectivity index is 0. The Labute approximate surface area is 63.1 Å². The molecule has 0 unspecified atom stereocenters. The molecule has 50 valence electrons. The first kappa shape index (κ1) is 11.3. The van der Waals surface area contributed by atoms with Crippen LogP contribution in [-0.2, 0) is 0 Å². The van der Waals surface area contributed by atoms with Gasteiger partial charge in [-0.05, 0) is 0 Å². The minimum Gasteiger partial charge on any atom is -0.136 e. The van der Waals surface area contributed by atoms with E-state index in [1.165, 1.54) is 0 Å². The molecule has 0 rings (SSSR count). The third kappa shape index (κ3) is 4.60. The molecule has 0 aromatic rings. The summed E-state index contributed by atoms with van der Waals surface area (Å²) in [4.78, 5) is 0. The van der Waals surface area contributed by atoms with E-state index in [-0.39, 0.29) is 12.8 Å². The van der Waals surface area contributed by atoms with E-state index >= 15 is 0 Å². The van der Waals surface area contributed by atoms with E-state index < -0.39 is 0 Å². The van der Waals surface area contributed by atoms with Crippen molar-refractivity contribution in [1.82, 2.24) is 0 Å². The van der Waals surface area contributed by atoms with Crippen molar-refractivity contribution < 1.29 is 0 Å². The van der Waals surface area contributed by atoms with E-state index in [9.17, 15) is 0 Å². The largest absolute Gasteiger partial charge is 0.136 e. The third-order valence-electron chi connectivity index (χ3n) is 0.642. The zero-order valence-electron chi connectivity index (χ0n) is 4.86. The Morgan fingerprint density at radius 1 is 1.38 bits per heavy atom. The molecule has 0 bridgehead atoms. The molecule has 0 saturated heterocycles. The van der Waals surface area contributed by atoms with E-state index in [2.05, 4.69) is 12.6 Å². The number of thiol groups is 1.